The molecular weight excluding hydrogens is 322 g/mol. The Morgan fingerprint density at radius 1 is 1.21 bits per heavy atom. The Bertz CT molecular complexity index is 861. The number of aromatic nitrogens is 4. The van der Waals surface area contributed by atoms with Crippen LogP contribution in [0.15, 0.2) is 53.4 Å². The van der Waals surface area contributed by atoms with Crippen LogP contribution in [-0.4, -0.2) is 31.9 Å². The van der Waals surface area contributed by atoms with Crippen molar-refractivity contribution in [2.75, 3.05) is 11.1 Å². The van der Waals surface area contributed by atoms with Crippen molar-refractivity contribution in [2.24, 2.45) is 7.05 Å². The minimum Gasteiger partial charge on any atom is -0.325 e. The van der Waals surface area contributed by atoms with Gasteiger partial charge in [-0.1, -0.05) is 30.3 Å². The fourth-order valence-corrected chi connectivity index (χ4v) is 3.10. The lowest BCUT2D eigenvalue weighted by Gasteiger charge is -2.08. The maximum Gasteiger partial charge on any atom is 0.234 e. The molecule has 1 heterocycles. The Morgan fingerprint density at radius 2 is 2.04 bits per heavy atom. The van der Waals surface area contributed by atoms with Gasteiger partial charge < -0.3 is 5.32 Å². The first-order chi connectivity index (χ1) is 11.6. The third-order valence-electron chi connectivity index (χ3n) is 3.48. The molecule has 0 saturated heterocycles. The molecule has 0 aliphatic heterocycles. The van der Waals surface area contributed by atoms with Crippen molar-refractivity contribution in [1.82, 2.24) is 20.2 Å². The van der Waals surface area contributed by atoms with E-state index in [9.17, 15) is 4.79 Å². The maximum atomic E-state index is 12.2. The number of tetrazole rings is 1. The summed E-state index contributed by atoms with van der Waals surface area (Å²) in [5.41, 5.74) is 2.75. The summed E-state index contributed by atoms with van der Waals surface area (Å²) in [4.78, 5) is 13.3. The molecule has 0 unspecified atom stereocenters. The van der Waals surface area contributed by atoms with Crippen LogP contribution < -0.4 is 5.32 Å². The van der Waals surface area contributed by atoms with Crippen LogP contribution in [0.3, 0.4) is 0 Å². The number of carbonyl (C=O) groups excluding carboxylic acids is 1. The van der Waals surface area contributed by atoms with Crippen LogP contribution in [0.25, 0.3) is 11.4 Å². The Balaban J connectivity index is 1.65. The van der Waals surface area contributed by atoms with E-state index in [0.717, 1.165) is 16.1 Å². The molecule has 122 valence electrons. The Hall–Kier alpha value is -2.67. The van der Waals surface area contributed by atoms with Crippen LogP contribution in [0.2, 0.25) is 0 Å². The highest BCUT2D eigenvalue weighted by atomic mass is 32.2. The highest BCUT2D eigenvalue weighted by Crippen LogP contribution is 2.23. The minimum absolute atomic E-state index is 0.0449. The predicted octanol–water partition coefficient (Wildman–Crippen LogP) is 2.92. The van der Waals surface area contributed by atoms with Crippen molar-refractivity contribution in [2.45, 2.75) is 11.8 Å². The molecule has 24 heavy (non-hydrogen) atoms. The molecule has 6 nitrogen and oxygen atoms in total. The summed E-state index contributed by atoms with van der Waals surface area (Å²) in [6, 6.07) is 15.5. The molecule has 7 heteroatoms. The second-order valence-corrected chi connectivity index (χ2v) is 6.33. The van der Waals surface area contributed by atoms with E-state index in [1.807, 2.05) is 55.5 Å². The van der Waals surface area contributed by atoms with Gasteiger partial charge in [-0.25, -0.2) is 4.68 Å². The molecule has 3 rings (SSSR count). The summed E-state index contributed by atoms with van der Waals surface area (Å²) < 4.78 is 1.59. The number of hydrogen-bond acceptors (Lipinski definition) is 5. The quantitative estimate of drug-likeness (QED) is 0.724. The number of hydrogen-bond donors (Lipinski definition) is 1. The number of nitrogens with one attached hydrogen (secondary N) is 1. The third kappa shape index (κ3) is 3.80. The van der Waals surface area contributed by atoms with Crippen molar-refractivity contribution in [1.29, 1.82) is 0 Å². The zero-order chi connectivity index (χ0) is 16.9. The van der Waals surface area contributed by atoms with Crippen molar-refractivity contribution < 1.29 is 4.79 Å². The lowest BCUT2D eigenvalue weighted by Crippen LogP contribution is -2.14. The number of benzene rings is 2. The number of amides is 1. The zero-order valence-electron chi connectivity index (χ0n) is 13.4. The molecule has 1 amide bonds. The molecule has 2 aromatic carbocycles. The lowest BCUT2D eigenvalue weighted by atomic mass is 10.2. The standard InChI is InChI=1S/C17H17N5OS/c1-12-6-3-4-9-15(12)24-11-16(23)18-14-8-5-7-13(10-14)17-19-20-21-22(17)2/h3-10H,11H2,1-2H3,(H,18,23). The summed E-state index contributed by atoms with van der Waals surface area (Å²) in [6.45, 7) is 2.04. The Labute approximate surface area is 144 Å². The highest BCUT2D eigenvalue weighted by Gasteiger charge is 2.09. The normalized spacial score (nSPS) is 10.6. The van der Waals surface area contributed by atoms with E-state index in [1.54, 1.807) is 11.7 Å². The van der Waals surface area contributed by atoms with Gasteiger partial charge >= 0.3 is 0 Å². The van der Waals surface area contributed by atoms with Crippen LogP contribution in [0.4, 0.5) is 5.69 Å². The van der Waals surface area contributed by atoms with Gasteiger partial charge in [0.05, 0.1) is 5.75 Å². The van der Waals surface area contributed by atoms with Gasteiger partial charge in [-0.3, -0.25) is 4.79 Å². The summed E-state index contributed by atoms with van der Waals surface area (Å²) in [7, 11) is 1.78. The van der Waals surface area contributed by atoms with Gasteiger partial charge in [-0.15, -0.1) is 16.9 Å². The molecule has 0 bridgehead atoms. The van der Waals surface area contributed by atoms with Crippen LogP contribution in [0, 0.1) is 6.92 Å². The average Bonchev–Trinajstić information content (AvgIpc) is 3.00. The fraction of sp³-hybridized carbons (Fsp3) is 0.176. The van der Waals surface area contributed by atoms with Gasteiger partial charge in [0, 0.05) is 23.2 Å². The van der Waals surface area contributed by atoms with Crippen molar-refractivity contribution in [3.8, 4) is 11.4 Å². The van der Waals surface area contributed by atoms with E-state index < -0.39 is 0 Å². The highest BCUT2D eigenvalue weighted by molar-refractivity contribution is 8.00. The Morgan fingerprint density at radius 3 is 2.79 bits per heavy atom. The van der Waals surface area contributed by atoms with Crippen LogP contribution in [0.1, 0.15) is 5.56 Å². The topological polar surface area (TPSA) is 72.7 Å². The van der Waals surface area contributed by atoms with Gasteiger partial charge in [0.1, 0.15) is 0 Å². The number of aryl methyl sites for hydroxylation is 2. The molecular formula is C17H17N5OS. The number of nitrogens with zero attached hydrogens (tertiary/aromatic N) is 4. The number of thioether (sulfide) groups is 1. The van der Waals surface area contributed by atoms with Gasteiger partial charge in [-0.2, -0.15) is 0 Å². The number of rotatable bonds is 5. The lowest BCUT2D eigenvalue weighted by molar-refractivity contribution is -0.113. The van der Waals surface area contributed by atoms with E-state index in [2.05, 4.69) is 20.8 Å². The minimum atomic E-state index is -0.0449. The molecule has 0 radical (unpaired) electrons. The molecule has 1 N–H and O–H groups in total. The first-order valence-corrected chi connectivity index (χ1v) is 8.43. The number of carbonyl (C=O) groups is 1. The maximum absolute atomic E-state index is 12.2. The molecule has 3 aromatic rings. The van der Waals surface area contributed by atoms with Crippen molar-refractivity contribution in [3.63, 3.8) is 0 Å². The summed E-state index contributed by atoms with van der Waals surface area (Å²) >= 11 is 1.53. The first kappa shape index (κ1) is 16.2. The number of anilines is 1. The zero-order valence-corrected chi connectivity index (χ0v) is 14.2. The smallest absolute Gasteiger partial charge is 0.234 e. The molecule has 0 spiro atoms. The molecule has 0 atom stereocenters. The third-order valence-corrected chi connectivity index (χ3v) is 4.65. The van der Waals surface area contributed by atoms with Gasteiger partial charge in [0.2, 0.25) is 5.91 Å². The molecule has 0 aliphatic rings. The fourth-order valence-electron chi connectivity index (χ4n) is 2.27. The molecule has 0 aliphatic carbocycles. The summed E-state index contributed by atoms with van der Waals surface area (Å²) in [6.07, 6.45) is 0. The SMILES string of the molecule is Cc1ccccc1SCC(=O)Nc1cccc(-c2nnnn2C)c1. The summed E-state index contributed by atoms with van der Waals surface area (Å²) in [5.74, 6) is 0.970. The predicted molar refractivity (Wildman–Crippen MR) is 94.8 cm³/mol. The average molecular weight is 339 g/mol. The van der Waals surface area contributed by atoms with Crippen LogP contribution in [0.5, 0.6) is 0 Å². The van der Waals surface area contributed by atoms with Gasteiger partial charge in [0.15, 0.2) is 5.82 Å². The van der Waals surface area contributed by atoms with Crippen molar-refractivity contribution >= 4 is 23.4 Å². The van der Waals surface area contributed by atoms with E-state index >= 15 is 0 Å². The van der Waals surface area contributed by atoms with E-state index in [-0.39, 0.29) is 5.91 Å². The second-order valence-electron chi connectivity index (χ2n) is 5.31. The monoisotopic (exact) mass is 339 g/mol. The van der Waals surface area contributed by atoms with Gasteiger partial charge in [-0.05, 0) is 41.1 Å². The van der Waals surface area contributed by atoms with Crippen molar-refractivity contribution in [3.05, 3.63) is 54.1 Å². The Kier molecular flexibility index (Phi) is 4.90. The van der Waals surface area contributed by atoms with Crippen LogP contribution >= 0.6 is 11.8 Å². The van der Waals surface area contributed by atoms with E-state index in [4.69, 9.17) is 0 Å². The second kappa shape index (κ2) is 7.27. The molecule has 0 saturated carbocycles. The van der Waals surface area contributed by atoms with Gasteiger partial charge in [0.25, 0.3) is 0 Å². The van der Waals surface area contributed by atoms with E-state index in [1.165, 1.54) is 17.3 Å². The summed E-state index contributed by atoms with van der Waals surface area (Å²) in [5, 5.41) is 14.3. The molecule has 1 aromatic heterocycles. The largest absolute Gasteiger partial charge is 0.325 e. The van der Waals surface area contributed by atoms with Crippen LogP contribution in [-0.2, 0) is 11.8 Å². The first-order valence-electron chi connectivity index (χ1n) is 7.44. The molecule has 0 fully saturated rings. The van der Waals surface area contributed by atoms with E-state index in [0.29, 0.717) is 11.6 Å².